The van der Waals surface area contributed by atoms with E-state index in [-0.39, 0.29) is 12.2 Å². The van der Waals surface area contributed by atoms with Crippen molar-refractivity contribution in [2.24, 2.45) is 0 Å². The Balaban J connectivity index is 2.49. The van der Waals surface area contributed by atoms with Crippen molar-refractivity contribution in [2.45, 2.75) is 25.9 Å². The summed E-state index contributed by atoms with van der Waals surface area (Å²) >= 11 is 18.6. The number of hydrogen-bond donors (Lipinski definition) is 1. The molecular weight excluding hydrogens is 497 g/mol. The summed E-state index contributed by atoms with van der Waals surface area (Å²) in [7, 11) is -2.37. The van der Waals surface area contributed by atoms with Crippen LogP contribution in [0.3, 0.4) is 0 Å². The molecule has 2 amide bonds. The molecule has 0 spiro atoms. The summed E-state index contributed by atoms with van der Waals surface area (Å²) < 4.78 is 25.9. The van der Waals surface area contributed by atoms with Gasteiger partial charge < -0.3 is 10.2 Å². The minimum Gasteiger partial charge on any atom is -0.357 e. The second kappa shape index (κ2) is 11.2. The molecule has 0 saturated heterocycles. The van der Waals surface area contributed by atoms with Crippen LogP contribution in [0.5, 0.6) is 0 Å². The molecule has 0 aliphatic carbocycles. The largest absolute Gasteiger partial charge is 0.357 e. The third-order valence-corrected chi connectivity index (χ3v) is 6.88. The SMILES string of the molecule is CCC(C(=O)NC)N(Cc1c(Cl)cccc1Cl)C(=O)CN(c1cccc(Cl)c1)S(C)(=O)=O. The van der Waals surface area contributed by atoms with Crippen LogP contribution >= 0.6 is 34.8 Å². The Kier molecular flexibility index (Phi) is 9.21. The van der Waals surface area contributed by atoms with Gasteiger partial charge in [-0.15, -0.1) is 0 Å². The molecule has 0 heterocycles. The summed E-state index contributed by atoms with van der Waals surface area (Å²) in [6.07, 6.45) is 1.29. The molecule has 0 radical (unpaired) electrons. The van der Waals surface area contributed by atoms with E-state index in [9.17, 15) is 18.0 Å². The van der Waals surface area contributed by atoms with Crippen molar-refractivity contribution in [3.63, 3.8) is 0 Å². The highest BCUT2D eigenvalue weighted by Gasteiger charge is 2.32. The Bertz CT molecular complexity index is 1080. The normalized spacial score (nSPS) is 12.2. The van der Waals surface area contributed by atoms with E-state index >= 15 is 0 Å². The number of carbonyl (C=O) groups is 2. The molecule has 2 rings (SSSR count). The van der Waals surface area contributed by atoms with Crippen molar-refractivity contribution in [3.05, 3.63) is 63.1 Å². The molecule has 0 bridgehead atoms. The maximum Gasteiger partial charge on any atom is 0.244 e. The number of carbonyl (C=O) groups excluding carboxylic acids is 2. The highest BCUT2D eigenvalue weighted by atomic mass is 35.5. The molecule has 7 nitrogen and oxygen atoms in total. The van der Waals surface area contributed by atoms with Gasteiger partial charge in [0.1, 0.15) is 12.6 Å². The molecule has 174 valence electrons. The molecule has 32 heavy (non-hydrogen) atoms. The molecule has 1 N–H and O–H groups in total. The summed E-state index contributed by atoms with van der Waals surface area (Å²) in [5.41, 5.74) is 0.692. The molecule has 1 unspecified atom stereocenters. The van der Waals surface area contributed by atoms with E-state index in [0.29, 0.717) is 27.1 Å². The van der Waals surface area contributed by atoms with Crippen LogP contribution < -0.4 is 9.62 Å². The summed E-state index contributed by atoms with van der Waals surface area (Å²) in [6, 6.07) is 10.2. The monoisotopic (exact) mass is 519 g/mol. The summed E-state index contributed by atoms with van der Waals surface area (Å²) in [4.78, 5) is 27.2. The predicted molar refractivity (Wildman–Crippen MR) is 129 cm³/mol. The molecule has 0 fully saturated rings. The van der Waals surface area contributed by atoms with Gasteiger partial charge in [0.25, 0.3) is 0 Å². The van der Waals surface area contributed by atoms with Crippen molar-refractivity contribution >= 4 is 62.3 Å². The molecule has 0 aliphatic heterocycles. The fourth-order valence-corrected chi connectivity index (χ4v) is 4.73. The van der Waals surface area contributed by atoms with E-state index in [1.165, 1.54) is 24.1 Å². The number of benzene rings is 2. The maximum absolute atomic E-state index is 13.4. The van der Waals surface area contributed by atoms with E-state index in [1.807, 2.05) is 0 Å². The van der Waals surface area contributed by atoms with Gasteiger partial charge in [-0.25, -0.2) is 8.42 Å². The molecule has 1 atom stereocenters. The predicted octanol–water partition coefficient (Wildman–Crippen LogP) is 3.97. The van der Waals surface area contributed by atoms with Crippen molar-refractivity contribution in [1.82, 2.24) is 10.2 Å². The number of amides is 2. The Morgan fingerprint density at radius 1 is 1.06 bits per heavy atom. The van der Waals surface area contributed by atoms with Crippen molar-refractivity contribution in [2.75, 3.05) is 24.2 Å². The van der Waals surface area contributed by atoms with Crippen LogP contribution in [0.25, 0.3) is 0 Å². The van der Waals surface area contributed by atoms with Crippen molar-refractivity contribution in [1.29, 1.82) is 0 Å². The van der Waals surface area contributed by atoms with Gasteiger partial charge in [0.2, 0.25) is 21.8 Å². The lowest BCUT2D eigenvalue weighted by molar-refractivity contribution is -0.140. The number of halogens is 3. The topological polar surface area (TPSA) is 86.8 Å². The number of anilines is 1. The quantitative estimate of drug-likeness (QED) is 0.542. The Labute approximate surface area is 203 Å². The van der Waals surface area contributed by atoms with Gasteiger partial charge in [0, 0.05) is 34.2 Å². The molecule has 2 aromatic carbocycles. The molecule has 11 heteroatoms. The van der Waals surface area contributed by atoms with Crippen LogP contribution in [0.1, 0.15) is 18.9 Å². The van der Waals surface area contributed by atoms with E-state index in [2.05, 4.69) is 5.32 Å². The zero-order valence-electron chi connectivity index (χ0n) is 17.8. The molecule has 2 aromatic rings. The molecule has 0 saturated carbocycles. The molecule has 0 aliphatic rings. The van der Waals surface area contributed by atoms with E-state index in [1.54, 1.807) is 37.3 Å². The fraction of sp³-hybridized carbons (Fsp3) is 0.333. The fourth-order valence-electron chi connectivity index (χ4n) is 3.18. The zero-order chi connectivity index (χ0) is 24.1. The first kappa shape index (κ1) is 26.3. The minimum absolute atomic E-state index is 0.0730. The summed E-state index contributed by atoms with van der Waals surface area (Å²) in [5, 5.41) is 3.52. The smallest absolute Gasteiger partial charge is 0.244 e. The number of likely N-dealkylation sites (N-methyl/N-ethyl adjacent to an activating group) is 1. The average molecular weight is 521 g/mol. The Hall–Kier alpha value is -2.00. The average Bonchev–Trinajstić information content (AvgIpc) is 2.72. The zero-order valence-corrected chi connectivity index (χ0v) is 20.9. The Morgan fingerprint density at radius 2 is 1.66 bits per heavy atom. The number of sulfonamides is 1. The lowest BCUT2D eigenvalue weighted by Crippen LogP contribution is -2.51. The second-order valence-corrected chi connectivity index (χ2v) is 10.2. The highest BCUT2D eigenvalue weighted by molar-refractivity contribution is 7.92. The van der Waals surface area contributed by atoms with Crippen LogP contribution in [0.15, 0.2) is 42.5 Å². The van der Waals surface area contributed by atoms with Crippen LogP contribution in [-0.4, -0.2) is 51.0 Å². The van der Waals surface area contributed by atoms with Gasteiger partial charge in [-0.2, -0.15) is 0 Å². The summed E-state index contributed by atoms with van der Waals surface area (Å²) in [6.45, 7) is 1.14. The Morgan fingerprint density at radius 3 is 2.16 bits per heavy atom. The van der Waals surface area contributed by atoms with Gasteiger partial charge in [0.15, 0.2) is 0 Å². The van der Waals surface area contributed by atoms with Crippen LogP contribution in [-0.2, 0) is 26.2 Å². The van der Waals surface area contributed by atoms with Crippen LogP contribution in [0.2, 0.25) is 15.1 Å². The van der Waals surface area contributed by atoms with Crippen LogP contribution in [0.4, 0.5) is 5.69 Å². The first-order valence-electron chi connectivity index (χ1n) is 9.66. The minimum atomic E-state index is -3.84. The lowest BCUT2D eigenvalue weighted by atomic mass is 10.1. The van der Waals surface area contributed by atoms with E-state index in [0.717, 1.165) is 10.6 Å². The first-order chi connectivity index (χ1) is 15.0. The van der Waals surface area contributed by atoms with Crippen molar-refractivity contribution in [3.8, 4) is 0 Å². The van der Waals surface area contributed by atoms with E-state index < -0.39 is 34.4 Å². The number of nitrogens with one attached hydrogen (secondary N) is 1. The van der Waals surface area contributed by atoms with E-state index in [4.69, 9.17) is 34.8 Å². The second-order valence-electron chi connectivity index (χ2n) is 7.01. The molecule has 0 aromatic heterocycles. The standard InChI is InChI=1S/C21H24Cl3N3O4S/c1-4-19(21(29)25-2)26(12-16-17(23)9-6-10-18(16)24)20(28)13-27(32(3,30)31)15-8-5-7-14(22)11-15/h5-11,19H,4,12-13H2,1-3H3,(H,25,29). The number of nitrogens with zero attached hydrogens (tertiary/aromatic N) is 2. The van der Waals surface area contributed by atoms with Gasteiger partial charge in [-0.3, -0.25) is 13.9 Å². The third-order valence-electron chi connectivity index (χ3n) is 4.80. The maximum atomic E-state index is 13.4. The van der Waals surface area contributed by atoms with Crippen molar-refractivity contribution < 1.29 is 18.0 Å². The van der Waals surface area contributed by atoms with Crippen LogP contribution in [0, 0.1) is 0 Å². The third kappa shape index (κ3) is 6.51. The van der Waals surface area contributed by atoms with Gasteiger partial charge >= 0.3 is 0 Å². The highest BCUT2D eigenvalue weighted by Crippen LogP contribution is 2.28. The van der Waals surface area contributed by atoms with Gasteiger partial charge in [-0.1, -0.05) is 53.9 Å². The first-order valence-corrected chi connectivity index (χ1v) is 12.6. The molecular formula is C21H24Cl3N3O4S. The summed E-state index contributed by atoms with van der Waals surface area (Å²) in [5.74, 6) is -0.987. The number of hydrogen-bond acceptors (Lipinski definition) is 4. The lowest BCUT2D eigenvalue weighted by Gasteiger charge is -2.33. The number of rotatable bonds is 9. The van der Waals surface area contributed by atoms with Gasteiger partial charge in [-0.05, 0) is 36.8 Å². The van der Waals surface area contributed by atoms with Gasteiger partial charge in [0.05, 0.1) is 11.9 Å².